The minimum atomic E-state index is -0.118. The van der Waals surface area contributed by atoms with Gasteiger partial charge in [-0.1, -0.05) is 17.7 Å². The molecule has 0 unspecified atom stereocenters. The quantitative estimate of drug-likeness (QED) is 0.906. The highest BCUT2D eigenvalue weighted by Crippen LogP contribution is 2.27. The van der Waals surface area contributed by atoms with Crippen LogP contribution in [-0.2, 0) is 16.1 Å². The van der Waals surface area contributed by atoms with Crippen molar-refractivity contribution in [2.24, 2.45) is 0 Å². The van der Waals surface area contributed by atoms with E-state index in [0.29, 0.717) is 30.3 Å². The number of hydrogen-bond donors (Lipinski definition) is 1. The third-order valence-electron chi connectivity index (χ3n) is 3.04. The summed E-state index contributed by atoms with van der Waals surface area (Å²) in [6, 6.07) is 5.35. The Labute approximate surface area is 116 Å². The first kappa shape index (κ1) is 13.7. The minimum absolute atomic E-state index is 0.0333. The van der Waals surface area contributed by atoms with Crippen molar-refractivity contribution in [3.63, 3.8) is 0 Å². The van der Waals surface area contributed by atoms with Gasteiger partial charge >= 0.3 is 0 Å². The second kappa shape index (κ2) is 5.93. The van der Waals surface area contributed by atoms with Gasteiger partial charge in [-0.25, -0.2) is 0 Å². The Bertz CT molecular complexity index is 505. The van der Waals surface area contributed by atoms with Crippen LogP contribution in [0, 0.1) is 0 Å². The van der Waals surface area contributed by atoms with Crippen molar-refractivity contribution >= 4 is 23.4 Å². The van der Waals surface area contributed by atoms with Crippen LogP contribution in [0.5, 0.6) is 5.75 Å². The Kier molecular flexibility index (Phi) is 4.27. The molecular weight excluding hydrogens is 268 g/mol. The molecule has 0 aliphatic carbocycles. The van der Waals surface area contributed by atoms with E-state index in [9.17, 15) is 9.59 Å². The van der Waals surface area contributed by atoms with Crippen molar-refractivity contribution < 1.29 is 14.3 Å². The lowest BCUT2D eigenvalue weighted by atomic mass is 10.1. The topological polar surface area (TPSA) is 58.6 Å². The lowest BCUT2D eigenvalue weighted by molar-refractivity contribution is -0.130. The van der Waals surface area contributed by atoms with E-state index in [1.165, 1.54) is 0 Å². The third kappa shape index (κ3) is 3.17. The molecule has 0 atom stereocenters. The Balaban J connectivity index is 2.20. The smallest absolute Gasteiger partial charge is 0.242 e. The molecule has 0 radical (unpaired) electrons. The van der Waals surface area contributed by atoms with E-state index < -0.39 is 0 Å². The molecule has 19 heavy (non-hydrogen) atoms. The van der Waals surface area contributed by atoms with Gasteiger partial charge in [0.2, 0.25) is 11.8 Å². The molecule has 0 aromatic heterocycles. The summed E-state index contributed by atoms with van der Waals surface area (Å²) in [5, 5.41) is 3.11. The first-order valence-electron chi connectivity index (χ1n) is 5.97. The number of amides is 2. The Morgan fingerprint density at radius 2 is 2.21 bits per heavy atom. The summed E-state index contributed by atoms with van der Waals surface area (Å²) in [5.74, 6) is 0.415. The molecule has 0 spiro atoms. The third-order valence-corrected chi connectivity index (χ3v) is 3.40. The van der Waals surface area contributed by atoms with Gasteiger partial charge in [-0.2, -0.15) is 0 Å². The normalized spacial score (nSPS) is 16.0. The zero-order valence-corrected chi connectivity index (χ0v) is 11.4. The van der Waals surface area contributed by atoms with Crippen LogP contribution in [0.2, 0.25) is 5.02 Å². The van der Waals surface area contributed by atoms with E-state index in [2.05, 4.69) is 5.32 Å². The SMILES string of the molecule is COc1cccc(Cl)c1CN1CCC(=O)NCC1=O. The number of ether oxygens (including phenoxy) is 1. The van der Waals surface area contributed by atoms with E-state index >= 15 is 0 Å². The highest BCUT2D eigenvalue weighted by Gasteiger charge is 2.22. The van der Waals surface area contributed by atoms with Crippen molar-refractivity contribution in [2.45, 2.75) is 13.0 Å². The summed E-state index contributed by atoms with van der Waals surface area (Å²) in [7, 11) is 1.56. The number of carbonyl (C=O) groups excluding carboxylic acids is 2. The van der Waals surface area contributed by atoms with Gasteiger partial charge in [0.05, 0.1) is 20.2 Å². The van der Waals surface area contributed by atoms with E-state index in [0.717, 1.165) is 5.56 Å². The molecule has 1 aliphatic heterocycles. The molecule has 0 saturated carbocycles. The zero-order chi connectivity index (χ0) is 13.8. The molecule has 5 nitrogen and oxygen atoms in total. The second-order valence-corrected chi connectivity index (χ2v) is 4.67. The molecule has 1 aromatic carbocycles. The molecule has 2 amide bonds. The summed E-state index contributed by atoms with van der Waals surface area (Å²) < 4.78 is 5.25. The average molecular weight is 283 g/mol. The van der Waals surface area contributed by atoms with Crippen LogP contribution in [0.25, 0.3) is 0 Å². The van der Waals surface area contributed by atoms with Gasteiger partial charge < -0.3 is 15.0 Å². The van der Waals surface area contributed by atoms with Gasteiger partial charge in [-0.15, -0.1) is 0 Å². The van der Waals surface area contributed by atoms with Gasteiger partial charge in [0.15, 0.2) is 0 Å². The predicted octanol–water partition coefficient (Wildman–Crippen LogP) is 1.20. The molecule has 6 heteroatoms. The number of nitrogens with one attached hydrogen (secondary N) is 1. The fourth-order valence-corrected chi connectivity index (χ4v) is 2.20. The molecule has 2 rings (SSSR count). The number of methoxy groups -OCH3 is 1. The maximum Gasteiger partial charge on any atom is 0.242 e. The minimum Gasteiger partial charge on any atom is -0.496 e. The number of halogens is 1. The van der Waals surface area contributed by atoms with Gasteiger partial charge in [-0.05, 0) is 12.1 Å². The summed E-state index contributed by atoms with van der Waals surface area (Å²) in [4.78, 5) is 24.8. The predicted molar refractivity (Wildman–Crippen MR) is 71.0 cm³/mol. The Morgan fingerprint density at radius 1 is 1.42 bits per heavy atom. The van der Waals surface area contributed by atoms with E-state index in [1.807, 2.05) is 0 Å². The highest BCUT2D eigenvalue weighted by atomic mass is 35.5. The van der Waals surface area contributed by atoms with Gasteiger partial charge in [0, 0.05) is 23.6 Å². The van der Waals surface area contributed by atoms with E-state index in [-0.39, 0.29) is 18.4 Å². The van der Waals surface area contributed by atoms with Gasteiger partial charge in [0.1, 0.15) is 5.75 Å². The summed E-state index contributed by atoms with van der Waals surface area (Å²) in [6.07, 6.45) is 0.304. The standard InChI is InChI=1S/C13H15ClN2O3/c1-19-11-4-2-3-10(14)9(11)8-16-6-5-12(17)15-7-13(16)18/h2-4H,5-8H2,1H3,(H,15,17). The molecule has 1 heterocycles. The Hall–Kier alpha value is -1.75. The van der Waals surface area contributed by atoms with Crippen molar-refractivity contribution in [1.82, 2.24) is 10.2 Å². The largest absolute Gasteiger partial charge is 0.496 e. The van der Waals surface area contributed by atoms with E-state index in [4.69, 9.17) is 16.3 Å². The van der Waals surface area contributed by atoms with Gasteiger partial charge in [-0.3, -0.25) is 9.59 Å². The zero-order valence-electron chi connectivity index (χ0n) is 10.6. The first-order chi connectivity index (χ1) is 9.11. The summed E-state index contributed by atoms with van der Waals surface area (Å²) in [6.45, 7) is 0.765. The lowest BCUT2D eigenvalue weighted by Gasteiger charge is -2.21. The lowest BCUT2D eigenvalue weighted by Crippen LogP contribution is -2.34. The van der Waals surface area contributed by atoms with Crippen molar-refractivity contribution in [1.29, 1.82) is 0 Å². The fraction of sp³-hybridized carbons (Fsp3) is 0.385. The molecule has 1 saturated heterocycles. The molecule has 1 aliphatic rings. The monoisotopic (exact) mass is 282 g/mol. The summed E-state index contributed by atoms with van der Waals surface area (Å²) >= 11 is 6.14. The van der Waals surface area contributed by atoms with Crippen molar-refractivity contribution in [3.05, 3.63) is 28.8 Å². The Morgan fingerprint density at radius 3 is 2.95 bits per heavy atom. The van der Waals surface area contributed by atoms with Crippen LogP contribution in [0.4, 0.5) is 0 Å². The summed E-state index contributed by atoms with van der Waals surface area (Å²) in [5.41, 5.74) is 0.759. The molecule has 0 bridgehead atoms. The maximum atomic E-state index is 11.9. The van der Waals surface area contributed by atoms with Crippen LogP contribution in [0.3, 0.4) is 0 Å². The van der Waals surface area contributed by atoms with Crippen LogP contribution < -0.4 is 10.1 Å². The molecule has 1 aromatic rings. The van der Waals surface area contributed by atoms with Crippen LogP contribution in [0.15, 0.2) is 18.2 Å². The second-order valence-electron chi connectivity index (χ2n) is 4.26. The van der Waals surface area contributed by atoms with Gasteiger partial charge in [0.25, 0.3) is 0 Å². The number of carbonyl (C=O) groups is 2. The van der Waals surface area contributed by atoms with Crippen molar-refractivity contribution in [3.8, 4) is 5.75 Å². The fourth-order valence-electron chi connectivity index (χ4n) is 1.98. The first-order valence-corrected chi connectivity index (χ1v) is 6.35. The van der Waals surface area contributed by atoms with Crippen molar-refractivity contribution in [2.75, 3.05) is 20.2 Å². The van der Waals surface area contributed by atoms with E-state index in [1.54, 1.807) is 30.2 Å². The number of rotatable bonds is 3. The van der Waals surface area contributed by atoms with Crippen LogP contribution in [0.1, 0.15) is 12.0 Å². The maximum absolute atomic E-state index is 11.9. The highest BCUT2D eigenvalue weighted by molar-refractivity contribution is 6.31. The average Bonchev–Trinajstić information content (AvgIpc) is 2.56. The van der Waals surface area contributed by atoms with Crippen LogP contribution >= 0.6 is 11.6 Å². The molecular formula is C13H15ClN2O3. The molecule has 1 N–H and O–H groups in total. The van der Waals surface area contributed by atoms with Crippen LogP contribution in [-0.4, -0.2) is 36.9 Å². The molecule has 1 fully saturated rings. The number of hydrogen-bond acceptors (Lipinski definition) is 3. The molecule has 102 valence electrons. The number of nitrogens with zero attached hydrogens (tertiary/aromatic N) is 1. The number of benzene rings is 1.